The number of carbonyl (C=O) groups excluding carboxylic acids is 1. The molecule has 0 bridgehead atoms. The lowest BCUT2D eigenvalue weighted by Gasteiger charge is -2.11. The summed E-state index contributed by atoms with van der Waals surface area (Å²) in [5, 5.41) is 12.4. The summed E-state index contributed by atoms with van der Waals surface area (Å²) in [5.41, 5.74) is 3.31. The lowest BCUT2D eigenvalue weighted by atomic mass is 10.1. The van der Waals surface area contributed by atoms with E-state index in [1.165, 1.54) is 20.3 Å². The van der Waals surface area contributed by atoms with Gasteiger partial charge in [0.05, 0.1) is 19.2 Å². The number of amides is 1. The number of nitrogens with one attached hydrogen (secondary N) is 1. The van der Waals surface area contributed by atoms with E-state index in [4.69, 9.17) is 21.1 Å². The van der Waals surface area contributed by atoms with E-state index in [1.807, 2.05) is 32.0 Å². The van der Waals surface area contributed by atoms with Crippen molar-refractivity contribution in [1.29, 1.82) is 5.26 Å². The Labute approximate surface area is 157 Å². The molecular weight excluding hydrogens is 352 g/mol. The number of nitrogens with zero attached hydrogens (tertiary/aromatic N) is 1. The van der Waals surface area contributed by atoms with Gasteiger partial charge in [-0.1, -0.05) is 17.7 Å². The lowest BCUT2D eigenvalue weighted by Crippen LogP contribution is -2.13. The van der Waals surface area contributed by atoms with Crippen molar-refractivity contribution in [2.75, 3.05) is 19.5 Å². The smallest absolute Gasteiger partial charge is 0.266 e. The van der Waals surface area contributed by atoms with Gasteiger partial charge in [0.15, 0.2) is 11.5 Å². The molecule has 0 atom stereocenters. The van der Waals surface area contributed by atoms with Gasteiger partial charge >= 0.3 is 0 Å². The largest absolute Gasteiger partial charge is 0.493 e. The molecule has 2 rings (SSSR count). The minimum atomic E-state index is -0.498. The highest BCUT2D eigenvalue weighted by atomic mass is 35.5. The van der Waals surface area contributed by atoms with E-state index in [-0.39, 0.29) is 5.57 Å². The zero-order valence-electron chi connectivity index (χ0n) is 15.0. The van der Waals surface area contributed by atoms with E-state index in [0.29, 0.717) is 27.8 Å². The minimum absolute atomic E-state index is 0.0495. The van der Waals surface area contributed by atoms with Crippen LogP contribution in [0.4, 0.5) is 5.69 Å². The van der Waals surface area contributed by atoms with Crippen LogP contribution in [0.2, 0.25) is 5.02 Å². The number of aryl methyl sites for hydroxylation is 2. The van der Waals surface area contributed by atoms with Crippen LogP contribution >= 0.6 is 11.6 Å². The molecule has 0 aromatic heterocycles. The first-order valence-electron chi connectivity index (χ1n) is 7.81. The Morgan fingerprint density at radius 2 is 1.88 bits per heavy atom. The standard InChI is InChI=1S/C20H19ClN2O3/c1-12-5-6-16(7-13(12)2)23-20(24)15(11-22)8-14-9-17(21)19(26-4)18(10-14)25-3/h5-10H,1-4H3,(H,23,24)/b15-8+. The third-order valence-corrected chi connectivity index (χ3v) is 4.18. The van der Waals surface area contributed by atoms with Crippen LogP contribution < -0.4 is 14.8 Å². The average Bonchev–Trinajstić information content (AvgIpc) is 2.62. The third kappa shape index (κ3) is 4.35. The average molecular weight is 371 g/mol. The fourth-order valence-electron chi connectivity index (χ4n) is 2.35. The van der Waals surface area contributed by atoms with Gasteiger partial charge < -0.3 is 14.8 Å². The van der Waals surface area contributed by atoms with Gasteiger partial charge in [0, 0.05) is 5.69 Å². The maximum Gasteiger partial charge on any atom is 0.266 e. The molecule has 0 unspecified atom stereocenters. The SMILES string of the molecule is COc1cc(/C=C(\C#N)C(=O)Nc2ccc(C)c(C)c2)cc(Cl)c1OC. The van der Waals surface area contributed by atoms with Gasteiger partial charge in [-0.15, -0.1) is 0 Å². The lowest BCUT2D eigenvalue weighted by molar-refractivity contribution is -0.112. The normalized spacial score (nSPS) is 10.8. The van der Waals surface area contributed by atoms with Crippen molar-refractivity contribution in [3.05, 3.63) is 57.6 Å². The van der Waals surface area contributed by atoms with E-state index >= 15 is 0 Å². The molecule has 0 saturated heterocycles. The first-order valence-corrected chi connectivity index (χ1v) is 8.19. The molecule has 0 spiro atoms. The summed E-state index contributed by atoms with van der Waals surface area (Å²) in [4.78, 5) is 12.4. The summed E-state index contributed by atoms with van der Waals surface area (Å²) < 4.78 is 10.4. The van der Waals surface area contributed by atoms with E-state index in [1.54, 1.807) is 18.2 Å². The number of methoxy groups -OCH3 is 2. The van der Waals surface area contributed by atoms with Crippen molar-refractivity contribution in [1.82, 2.24) is 0 Å². The van der Waals surface area contributed by atoms with Gasteiger partial charge in [-0.3, -0.25) is 4.79 Å². The zero-order chi connectivity index (χ0) is 19.3. The number of hydrogen-bond donors (Lipinski definition) is 1. The second-order valence-electron chi connectivity index (χ2n) is 5.66. The maximum atomic E-state index is 12.4. The van der Waals surface area contributed by atoms with Crippen LogP contribution in [0.3, 0.4) is 0 Å². The Hall–Kier alpha value is -2.97. The van der Waals surface area contributed by atoms with Crippen LogP contribution in [0.5, 0.6) is 11.5 Å². The number of nitriles is 1. The molecule has 0 aliphatic carbocycles. The fourth-order valence-corrected chi connectivity index (χ4v) is 2.65. The summed E-state index contributed by atoms with van der Waals surface area (Å²) in [7, 11) is 2.97. The summed E-state index contributed by atoms with van der Waals surface area (Å²) >= 11 is 6.16. The molecule has 26 heavy (non-hydrogen) atoms. The number of halogens is 1. The molecule has 5 nitrogen and oxygen atoms in total. The topological polar surface area (TPSA) is 71.3 Å². The highest BCUT2D eigenvalue weighted by molar-refractivity contribution is 6.32. The number of benzene rings is 2. The second-order valence-corrected chi connectivity index (χ2v) is 6.07. The molecule has 2 aromatic rings. The number of carbonyl (C=O) groups is 1. The fraction of sp³-hybridized carbons (Fsp3) is 0.200. The molecule has 2 aromatic carbocycles. The van der Waals surface area contributed by atoms with Crippen LogP contribution in [-0.2, 0) is 4.79 Å². The Bertz CT molecular complexity index is 914. The Morgan fingerprint density at radius 3 is 2.46 bits per heavy atom. The van der Waals surface area contributed by atoms with Crippen LogP contribution in [0.15, 0.2) is 35.9 Å². The van der Waals surface area contributed by atoms with E-state index in [9.17, 15) is 10.1 Å². The van der Waals surface area contributed by atoms with E-state index in [2.05, 4.69) is 5.32 Å². The third-order valence-electron chi connectivity index (χ3n) is 3.90. The summed E-state index contributed by atoms with van der Waals surface area (Å²) in [6.45, 7) is 3.94. The van der Waals surface area contributed by atoms with Crippen molar-refractivity contribution in [3.63, 3.8) is 0 Å². The summed E-state index contributed by atoms with van der Waals surface area (Å²) in [6.07, 6.45) is 1.45. The first kappa shape index (κ1) is 19.4. The van der Waals surface area contributed by atoms with Crippen LogP contribution in [-0.4, -0.2) is 20.1 Å². The van der Waals surface area contributed by atoms with Gasteiger partial charge in [-0.05, 0) is 60.9 Å². The van der Waals surface area contributed by atoms with Gasteiger partial charge in [0.25, 0.3) is 5.91 Å². The molecule has 6 heteroatoms. The highest BCUT2D eigenvalue weighted by Crippen LogP contribution is 2.36. The van der Waals surface area contributed by atoms with E-state index < -0.39 is 5.91 Å². The first-order chi connectivity index (χ1) is 12.4. The van der Waals surface area contributed by atoms with Crippen LogP contribution in [0, 0.1) is 25.2 Å². The minimum Gasteiger partial charge on any atom is -0.493 e. The number of rotatable bonds is 5. The number of hydrogen-bond acceptors (Lipinski definition) is 4. The van der Waals surface area contributed by atoms with Crippen molar-refractivity contribution in [2.45, 2.75) is 13.8 Å². The van der Waals surface area contributed by atoms with Gasteiger partial charge in [-0.25, -0.2) is 0 Å². The predicted molar refractivity (Wildman–Crippen MR) is 103 cm³/mol. The zero-order valence-corrected chi connectivity index (χ0v) is 15.8. The van der Waals surface area contributed by atoms with Gasteiger partial charge in [0.1, 0.15) is 11.6 Å². The van der Waals surface area contributed by atoms with Gasteiger partial charge in [-0.2, -0.15) is 5.26 Å². The molecule has 0 saturated carbocycles. The highest BCUT2D eigenvalue weighted by Gasteiger charge is 2.13. The van der Waals surface area contributed by atoms with E-state index in [0.717, 1.165) is 11.1 Å². The van der Waals surface area contributed by atoms with Crippen molar-refractivity contribution >= 4 is 29.3 Å². The van der Waals surface area contributed by atoms with Crippen molar-refractivity contribution < 1.29 is 14.3 Å². The summed E-state index contributed by atoms with van der Waals surface area (Å²) in [5.74, 6) is 0.309. The number of ether oxygens (including phenoxy) is 2. The second kappa shape index (κ2) is 8.41. The molecule has 0 aliphatic rings. The summed E-state index contributed by atoms with van der Waals surface area (Å²) in [6, 6.07) is 10.7. The molecule has 1 amide bonds. The van der Waals surface area contributed by atoms with Crippen molar-refractivity contribution in [2.24, 2.45) is 0 Å². The van der Waals surface area contributed by atoms with Crippen LogP contribution in [0.25, 0.3) is 6.08 Å². The molecule has 1 N–H and O–H groups in total. The maximum absolute atomic E-state index is 12.4. The van der Waals surface area contributed by atoms with Crippen LogP contribution in [0.1, 0.15) is 16.7 Å². The van der Waals surface area contributed by atoms with Gasteiger partial charge in [0.2, 0.25) is 0 Å². The quantitative estimate of drug-likeness (QED) is 0.620. The molecule has 0 radical (unpaired) electrons. The number of anilines is 1. The Morgan fingerprint density at radius 1 is 1.15 bits per heavy atom. The Kier molecular flexibility index (Phi) is 6.26. The van der Waals surface area contributed by atoms with Crippen molar-refractivity contribution in [3.8, 4) is 17.6 Å². The monoisotopic (exact) mass is 370 g/mol. The molecule has 134 valence electrons. The molecule has 0 aliphatic heterocycles. The Balaban J connectivity index is 2.32. The predicted octanol–water partition coefficient (Wildman–Crippen LogP) is 4.52. The molecular formula is C20H19ClN2O3. The molecule has 0 heterocycles. The molecule has 0 fully saturated rings.